The molecule has 0 spiro atoms. The van der Waals surface area contributed by atoms with Gasteiger partial charge in [-0.1, -0.05) is 0 Å². The second kappa shape index (κ2) is 11.0. The molecule has 0 aromatic carbocycles. The molecule has 6 nitrogen and oxygen atoms in total. The van der Waals surface area contributed by atoms with Crippen LogP contribution in [0.4, 0.5) is 0 Å². The number of hydrogen-bond donors (Lipinski definition) is 0. The van der Waals surface area contributed by atoms with Gasteiger partial charge in [-0.2, -0.15) is 0 Å². The summed E-state index contributed by atoms with van der Waals surface area (Å²) >= 11 is 0. The van der Waals surface area contributed by atoms with E-state index in [1.807, 2.05) is 6.92 Å². The van der Waals surface area contributed by atoms with Crippen LogP contribution in [0.15, 0.2) is 0 Å². The molecule has 0 aliphatic heterocycles. The first kappa shape index (κ1) is 16.9. The van der Waals surface area contributed by atoms with Crippen molar-refractivity contribution in [3.63, 3.8) is 0 Å². The fourth-order valence-corrected chi connectivity index (χ4v) is 1.35. The zero-order chi connectivity index (χ0) is 13.8. The van der Waals surface area contributed by atoms with Crippen LogP contribution in [0.5, 0.6) is 0 Å². The monoisotopic (exact) mass is 261 g/mol. The highest BCUT2D eigenvalue weighted by atomic mass is 16.5. The van der Waals surface area contributed by atoms with E-state index in [2.05, 4.69) is 4.74 Å². The third-order valence-electron chi connectivity index (χ3n) is 2.40. The van der Waals surface area contributed by atoms with Crippen molar-refractivity contribution in [1.29, 1.82) is 0 Å². The van der Waals surface area contributed by atoms with Crippen molar-refractivity contribution >= 4 is 11.9 Å². The highest BCUT2D eigenvalue weighted by molar-refractivity contribution is 5.77. The molecule has 0 radical (unpaired) electrons. The lowest BCUT2D eigenvalue weighted by molar-refractivity contribution is -0.142. The van der Waals surface area contributed by atoms with Gasteiger partial charge in [-0.15, -0.1) is 0 Å². The fraction of sp³-hybridized carbons (Fsp3) is 0.833. The third-order valence-corrected chi connectivity index (χ3v) is 2.40. The Hall–Kier alpha value is -1.14. The van der Waals surface area contributed by atoms with Crippen LogP contribution in [0.1, 0.15) is 19.8 Å². The number of ether oxygens (including phenoxy) is 3. The number of methoxy groups -OCH3 is 2. The Balaban J connectivity index is 4.10. The zero-order valence-electron chi connectivity index (χ0n) is 11.4. The average molecular weight is 261 g/mol. The van der Waals surface area contributed by atoms with Crippen LogP contribution in [-0.2, 0) is 23.8 Å². The van der Waals surface area contributed by atoms with Crippen LogP contribution in [0.25, 0.3) is 0 Å². The number of amides is 1. The van der Waals surface area contributed by atoms with Gasteiger partial charge in [0, 0.05) is 26.8 Å². The van der Waals surface area contributed by atoms with Gasteiger partial charge in [0.1, 0.15) is 0 Å². The van der Waals surface area contributed by atoms with Crippen LogP contribution in [0.2, 0.25) is 0 Å². The first-order valence-corrected chi connectivity index (χ1v) is 6.07. The number of esters is 1. The van der Waals surface area contributed by atoms with Gasteiger partial charge in [-0.05, 0) is 6.92 Å². The van der Waals surface area contributed by atoms with Gasteiger partial charge in [-0.25, -0.2) is 0 Å². The summed E-state index contributed by atoms with van der Waals surface area (Å²) < 4.78 is 14.6. The Morgan fingerprint density at radius 2 is 1.78 bits per heavy atom. The Bertz CT molecular complexity index is 245. The minimum absolute atomic E-state index is 0.0376. The molecule has 0 unspecified atom stereocenters. The summed E-state index contributed by atoms with van der Waals surface area (Å²) in [6.45, 7) is 4.13. The van der Waals surface area contributed by atoms with E-state index in [-0.39, 0.29) is 18.3 Å². The highest BCUT2D eigenvalue weighted by Crippen LogP contribution is 1.99. The molecule has 0 bridgehead atoms. The number of rotatable bonds is 10. The van der Waals surface area contributed by atoms with Gasteiger partial charge in [0.05, 0.1) is 33.2 Å². The maximum Gasteiger partial charge on any atom is 0.307 e. The van der Waals surface area contributed by atoms with E-state index >= 15 is 0 Å². The second-order valence-corrected chi connectivity index (χ2v) is 3.65. The molecule has 0 saturated heterocycles. The molecule has 0 atom stereocenters. The highest BCUT2D eigenvalue weighted by Gasteiger charge is 2.14. The fourth-order valence-electron chi connectivity index (χ4n) is 1.35. The van der Waals surface area contributed by atoms with Crippen molar-refractivity contribution in [2.24, 2.45) is 0 Å². The van der Waals surface area contributed by atoms with Crippen molar-refractivity contribution in [3.05, 3.63) is 0 Å². The molecule has 0 saturated carbocycles. The maximum absolute atomic E-state index is 11.9. The lowest BCUT2D eigenvalue weighted by atomic mass is 10.3. The van der Waals surface area contributed by atoms with Gasteiger partial charge in [0.25, 0.3) is 0 Å². The summed E-state index contributed by atoms with van der Waals surface area (Å²) in [5, 5.41) is 0. The van der Waals surface area contributed by atoms with Crippen molar-refractivity contribution in [2.45, 2.75) is 19.8 Å². The summed E-state index contributed by atoms with van der Waals surface area (Å²) in [6, 6.07) is 0. The Morgan fingerprint density at radius 3 is 2.33 bits per heavy atom. The van der Waals surface area contributed by atoms with E-state index < -0.39 is 0 Å². The molecule has 0 aromatic rings. The van der Waals surface area contributed by atoms with Crippen LogP contribution < -0.4 is 0 Å². The van der Waals surface area contributed by atoms with Crippen LogP contribution in [-0.4, -0.2) is 63.9 Å². The number of carbonyl (C=O) groups excluding carboxylic acids is 2. The second-order valence-electron chi connectivity index (χ2n) is 3.65. The van der Waals surface area contributed by atoms with Gasteiger partial charge in [-0.3, -0.25) is 9.59 Å². The molecular formula is C12H23NO5. The molecule has 0 aromatic heterocycles. The van der Waals surface area contributed by atoms with Crippen LogP contribution in [0, 0.1) is 0 Å². The Labute approximate surface area is 108 Å². The largest absolute Gasteiger partial charge is 0.469 e. The minimum Gasteiger partial charge on any atom is -0.469 e. The Morgan fingerprint density at radius 1 is 1.06 bits per heavy atom. The molecule has 18 heavy (non-hydrogen) atoms. The van der Waals surface area contributed by atoms with Crippen molar-refractivity contribution in [2.75, 3.05) is 47.1 Å². The lowest BCUT2D eigenvalue weighted by Crippen LogP contribution is -2.36. The molecule has 6 heteroatoms. The predicted octanol–water partition coefficient (Wildman–Crippen LogP) is 0.451. The average Bonchev–Trinajstić information content (AvgIpc) is 2.38. The topological polar surface area (TPSA) is 65.1 Å². The maximum atomic E-state index is 11.9. The summed E-state index contributed by atoms with van der Waals surface area (Å²) in [5.74, 6) is -0.362. The standard InChI is InChI=1S/C12H23NO5/c1-4-18-9-6-11(14)13(8-10-16-2)7-5-12(15)17-3/h4-10H2,1-3H3. The first-order valence-electron chi connectivity index (χ1n) is 6.07. The summed E-state index contributed by atoms with van der Waals surface area (Å²) in [5.41, 5.74) is 0. The molecular weight excluding hydrogens is 238 g/mol. The van der Waals surface area contributed by atoms with Gasteiger partial charge >= 0.3 is 5.97 Å². The predicted molar refractivity (Wildman–Crippen MR) is 66.2 cm³/mol. The van der Waals surface area contributed by atoms with Crippen molar-refractivity contribution < 1.29 is 23.8 Å². The quantitative estimate of drug-likeness (QED) is 0.422. The van der Waals surface area contributed by atoms with E-state index in [9.17, 15) is 9.59 Å². The first-order chi connectivity index (χ1) is 8.65. The Kier molecular flexibility index (Phi) is 10.3. The zero-order valence-corrected chi connectivity index (χ0v) is 11.4. The smallest absolute Gasteiger partial charge is 0.307 e. The molecule has 0 fully saturated rings. The van der Waals surface area contributed by atoms with E-state index in [1.54, 1.807) is 12.0 Å². The summed E-state index contributed by atoms with van der Waals surface area (Å²) in [7, 11) is 2.90. The van der Waals surface area contributed by atoms with Gasteiger partial charge in [0.15, 0.2) is 0 Å². The van der Waals surface area contributed by atoms with Gasteiger partial charge < -0.3 is 19.1 Å². The van der Waals surface area contributed by atoms with Crippen molar-refractivity contribution in [1.82, 2.24) is 4.90 Å². The van der Waals surface area contributed by atoms with Crippen molar-refractivity contribution in [3.8, 4) is 0 Å². The van der Waals surface area contributed by atoms with E-state index in [1.165, 1.54) is 7.11 Å². The molecule has 0 rings (SSSR count). The molecule has 0 N–H and O–H groups in total. The third kappa shape index (κ3) is 8.03. The summed E-state index contributed by atoms with van der Waals surface area (Å²) in [4.78, 5) is 24.5. The minimum atomic E-state index is -0.324. The van der Waals surface area contributed by atoms with E-state index in [0.717, 1.165) is 0 Å². The van der Waals surface area contributed by atoms with Gasteiger partial charge in [0.2, 0.25) is 5.91 Å². The summed E-state index contributed by atoms with van der Waals surface area (Å²) in [6.07, 6.45) is 0.513. The molecule has 0 aliphatic carbocycles. The molecule has 1 amide bonds. The molecule has 0 heterocycles. The van der Waals surface area contributed by atoms with Crippen LogP contribution >= 0.6 is 0 Å². The normalized spacial score (nSPS) is 10.2. The van der Waals surface area contributed by atoms with Crippen LogP contribution in [0.3, 0.4) is 0 Å². The van der Waals surface area contributed by atoms with E-state index in [4.69, 9.17) is 9.47 Å². The SMILES string of the molecule is CCOCCC(=O)N(CCOC)CCC(=O)OC. The number of nitrogens with zero attached hydrogens (tertiary/aromatic N) is 1. The lowest BCUT2D eigenvalue weighted by Gasteiger charge is -2.21. The number of hydrogen-bond acceptors (Lipinski definition) is 5. The number of carbonyl (C=O) groups is 2. The molecule has 106 valence electrons. The molecule has 0 aliphatic rings. The van der Waals surface area contributed by atoms with E-state index in [0.29, 0.717) is 39.3 Å².